The van der Waals surface area contributed by atoms with Gasteiger partial charge >= 0.3 is 0 Å². The number of pyridine rings is 1. The minimum absolute atomic E-state index is 0.0913. The van der Waals surface area contributed by atoms with Gasteiger partial charge in [-0.15, -0.1) is 11.8 Å². The van der Waals surface area contributed by atoms with Gasteiger partial charge in [-0.1, -0.05) is 12.1 Å². The smallest absolute Gasteiger partial charge is 0.133 e. The molecule has 1 aromatic heterocycles. The summed E-state index contributed by atoms with van der Waals surface area (Å²) in [4.78, 5) is 5.24. The maximum Gasteiger partial charge on any atom is 0.133 e. The molecule has 5 heteroatoms. The lowest BCUT2D eigenvalue weighted by Crippen LogP contribution is -2.35. The van der Waals surface area contributed by atoms with Gasteiger partial charge in [-0.05, 0) is 18.2 Å². The lowest BCUT2D eigenvalue weighted by Gasteiger charge is -2.30. The fourth-order valence-corrected chi connectivity index (χ4v) is 3.16. The molecule has 19 heavy (non-hydrogen) atoms. The zero-order chi connectivity index (χ0) is 13.2. The molecule has 0 radical (unpaired) electrons. The summed E-state index contributed by atoms with van der Waals surface area (Å²) in [5.41, 5.74) is 13.7. The van der Waals surface area contributed by atoms with Gasteiger partial charge in [0.2, 0.25) is 0 Å². The van der Waals surface area contributed by atoms with E-state index in [2.05, 4.69) is 11.1 Å². The number of para-hydroxylation sites is 1. The van der Waals surface area contributed by atoms with Crippen LogP contribution in [0.3, 0.4) is 0 Å². The first kappa shape index (κ1) is 12.3. The minimum atomic E-state index is -0.269. The van der Waals surface area contributed by atoms with Crippen LogP contribution in [0.2, 0.25) is 0 Å². The van der Waals surface area contributed by atoms with Crippen LogP contribution in [0.5, 0.6) is 5.75 Å². The van der Waals surface area contributed by atoms with Crippen LogP contribution in [0.4, 0.5) is 5.69 Å². The van der Waals surface area contributed by atoms with E-state index in [1.54, 1.807) is 30.2 Å². The van der Waals surface area contributed by atoms with Gasteiger partial charge < -0.3 is 16.2 Å². The fourth-order valence-electron chi connectivity index (χ4n) is 2.11. The fraction of sp³-hybridized carbons (Fsp3) is 0.214. The van der Waals surface area contributed by atoms with Gasteiger partial charge in [0.15, 0.2) is 0 Å². The Labute approximate surface area is 116 Å². The van der Waals surface area contributed by atoms with Crippen LogP contribution < -0.4 is 16.2 Å². The summed E-state index contributed by atoms with van der Waals surface area (Å²) >= 11 is 1.76. The van der Waals surface area contributed by atoms with Crippen LogP contribution in [0.15, 0.2) is 47.6 Å². The maximum atomic E-state index is 6.27. The van der Waals surface area contributed by atoms with Crippen molar-refractivity contribution < 1.29 is 4.74 Å². The van der Waals surface area contributed by atoms with E-state index in [0.29, 0.717) is 5.69 Å². The SMILES string of the molecule is Nc1ccncc1C(N)C1CSc2ccccc2O1. The second-order valence-corrected chi connectivity index (χ2v) is 5.51. The summed E-state index contributed by atoms with van der Waals surface area (Å²) in [6.45, 7) is 0. The van der Waals surface area contributed by atoms with E-state index >= 15 is 0 Å². The number of nitrogens with zero attached hydrogens (tertiary/aromatic N) is 1. The summed E-state index contributed by atoms with van der Waals surface area (Å²) < 4.78 is 5.97. The molecule has 1 aliphatic heterocycles. The number of hydrogen-bond donors (Lipinski definition) is 2. The average Bonchev–Trinajstić information content (AvgIpc) is 2.46. The minimum Gasteiger partial charge on any atom is -0.486 e. The van der Waals surface area contributed by atoms with E-state index in [0.717, 1.165) is 22.0 Å². The highest BCUT2D eigenvalue weighted by Crippen LogP contribution is 2.38. The van der Waals surface area contributed by atoms with Crippen molar-refractivity contribution in [2.24, 2.45) is 5.73 Å². The Morgan fingerprint density at radius 3 is 3.00 bits per heavy atom. The molecule has 4 N–H and O–H groups in total. The standard InChI is InChI=1S/C14H15N3OS/c15-10-5-6-17-7-9(10)14(16)12-8-19-13-4-2-1-3-11(13)18-12/h1-7,12,14H,8,16H2,(H2,15,17). The molecule has 2 unspecified atom stereocenters. The molecular weight excluding hydrogens is 258 g/mol. The van der Waals surface area contributed by atoms with Gasteiger partial charge in [-0.3, -0.25) is 4.98 Å². The molecule has 4 nitrogen and oxygen atoms in total. The summed E-state index contributed by atoms with van der Waals surface area (Å²) in [5, 5.41) is 0. The van der Waals surface area contributed by atoms with Gasteiger partial charge in [0.05, 0.1) is 6.04 Å². The van der Waals surface area contributed by atoms with Gasteiger partial charge in [-0.25, -0.2) is 0 Å². The molecule has 0 fully saturated rings. The van der Waals surface area contributed by atoms with Crippen LogP contribution in [0, 0.1) is 0 Å². The monoisotopic (exact) mass is 273 g/mol. The lowest BCUT2D eigenvalue weighted by atomic mass is 10.0. The summed E-state index contributed by atoms with van der Waals surface area (Å²) in [5.74, 6) is 1.70. The summed E-state index contributed by atoms with van der Waals surface area (Å²) in [6.07, 6.45) is 3.29. The van der Waals surface area contributed by atoms with Gasteiger partial charge in [-0.2, -0.15) is 0 Å². The molecule has 0 spiro atoms. The highest BCUT2D eigenvalue weighted by Gasteiger charge is 2.27. The van der Waals surface area contributed by atoms with Crippen LogP contribution in [0.1, 0.15) is 11.6 Å². The lowest BCUT2D eigenvalue weighted by molar-refractivity contribution is 0.185. The zero-order valence-corrected chi connectivity index (χ0v) is 11.1. The van der Waals surface area contributed by atoms with Gasteiger partial charge in [0.1, 0.15) is 11.9 Å². The first-order valence-corrected chi connectivity index (χ1v) is 7.07. The Morgan fingerprint density at radius 2 is 2.16 bits per heavy atom. The van der Waals surface area contributed by atoms with Crippen LogP contribution in [-0.4, -0.2) is 16.8 Å². The summed E-state index contributed by atoms with van der Waals surface area (Å²) in [6, 6.07) is 9.49. The molecule has 1 aliphatic rings. The number of aromatic nitrogens is 1. The molecule has 0 saturated carbocycles. The highest BCUT2D eigenvalue weighted by atomic mass is 32.2. The van der Waals surface area contributed by atoms with E-state index in [1.807, 2.05) is 18.2 Å². The molecule has 98 valence electrons. The van der Waals surface area contributed by atoms with Crippen molar-refractivity contribution >= 4 is 17.4 Å². The molecule has 0 aliphatic carbocycles. The number of hydrogen-bond acceptors (Lipinski definition) is 5. The van der Waals surface area contributed by atoms with Crippen molar-refractivity contribution in [2.75, 3.05) is 11.5 Å². The van der Waals surface area contributed by atoms with Crippen molar-refractivity contribution in [1.82, 2.24) is 4.98 Å². The number of fused-ring (bicyclic) bond motifs is 1. The van der Waals surface area contributed by atoms with Crippen LogP contribution in [0.25, 0.3) is 0 Å². The molecule has 3 rings (SSSR count). The number of nitrogens with two attached hydrogens (primary N) is 2. The number of thioether (sulfide) groups is 1. The van der Waals surface area contributed by atoms with E-state index < -0.39 is 0 Å². The van der Waals surface area contributed by atoms with E-state index in [-0.39, 0.29) is 12.1 Å². The molecular formula is C14H15N3OS. The first-order valence-electron chi connectivity index (χ1n) is 6.09. The van der Waals surface area contributed by atoms with E-state index in [9.17, 15) is 0 Å². The molecule has 2 aromatic rings. The van der Waals surface area contributed by atoms with E-state index in [1.165, 1.54) is 0 Å². The topological polar surface area (TPSA) is 74.2 Å². The average molecular weight is 273 g/mol. The maximum absolute atomic E-state index is 6.27. The van der Waals surface area contributed by atoms with Gasteiger partial charge in [0, 0.05) is 34.3 Å². The Kier molecular flexibility index (Phi) is 3.31. The normalized spacial score (nSPS) is 19.3. The largest absolute Gasteiger partial charge is 0.486 e. The number of benzene rings is 1. The predicted molar refractivity (Wildman–Crippen MR) is 77.2 cm³/mol. The van der Waals surface area contributed by atoms with Crippen molar-refractivity contribution in [3.8, 4) is 5.75 Å². The molecule has 0 saturated heterocycles. The van der Waals surface area contributed by atoms with Crippen molar-refractivity contribution in [3.63, 3.8) is 0 Å². The first-order chi connectivity index (χ1) is 9.25. The highest BCUT2D eigenvalue weighted by molar-refractivity contribution is 7.99. The molecule has 0 bridgehead atoms. The van der Waals surface area contributed by atoms with Crippen LogP contribution >= 0.6 is 11.8 Å². The van der Waals surface area contributed by atoms with Crippen molar-refractivity contribution in [3.05, 3.63) is 48.3 Å². The Hall–Kier alpha value is -1.72. The Bertz CT molecular complexity index is 590. The number of nitrogen functional groups attached to an aromatic ring is 1. The third-order valence-corrected chi connectivity index (χ3v) is 4.32. The second-order valence-electron chi connectivity index (χ2n) is 4.44. The second kappa shape index (κ2) is 5.11. The number of rotatable bonds is 2. The molecule has 1 aromatic carbocycles. The zero-order valence-electron chi connectivity index (χ0n) is 10.3. The van der Waals surface area contributed by atoms with Crippen molar-refractivity contribution in [2.45, 2.75) is 17.0 Å². The molecule has 2 atom stereocenters. The molecule has 2 heterocycles. The number of anilines is 1. The Balaban J connectivity index is 1.83. The number of ether oxygens (including phenoxy) is 1. The van der Waals surface area contributed by atoms with Gasteiger partial charge in [0.25, 0.3) is 0 Å². The Morgan fingerprint density at radius 1 is 1.32 bits per heavy atom. The third kappa shape index (κ3) is 2.39. The summed E-state index contributed by atoms with van der Waals surface area (Å²) in [7, 11) is 0. The third-order valence-electron chi connectivity index (χ3n) is 3.18. The quantitative estimate of drug-likeness (QED) is 0.877. The molecule has 0 amide bonds. The predicted octanol–water partition coefficient (Wildman–Crippen LogP) is 2.22. The van der Waals surface area contributed by atoms with Crippen molar-refractivity contribution in [1.29, 1.82) is 0 Å². The van der Waals surface area contributed by atoms with Crippen LogP contribution in [-0.2, 0) is 0 Å². The van der Waals surface area contributed by atoms with E-state index in [4.69, 9.17) is 16.2 Å².